The van der Waals surface area contributed by atoms with Gasteiger partial charge in [-0.25, -0.2) is 4.79 Å². The zero-order valence-corrected chi connectivity index (χ0v) is 8.54. The standard InChI is InChI=1S/C8H11ClF4O2/c9-5-3-1-2-4-7(10,11)8(12,13)6(14)15/h1-5H2,(H,14,15). The number of unbranched alkanes of at least 4 members (excludes halogenated alkanes) is 2. The Hall–Kier alpha value is -0.520. The largest absolute Gasteiger partial charge is 0.477 e. The molecule has 0 spiro atoms. The Morgan fingerprint density at radius 3 is 2.07 bits per heavy atom. The van der Waals surface area contributed by atoms with Crippen LogP contribution in [0.3, 0.4) is 0 Å². The zero-order chi connectivity index (χ0) is 12.1. The lowest BCUT2D eigenvalue weighted by Gasteiger charge is -2.22. The van der Waals surface area contributed by atoms with Gasteiger partial charge in [-0.1, -0.05) is 6.42 Å². The molecule has 0 aliphatic heterocycles. The first kappa shape index (κ1) is 14.5. The molecule has 0 radical (unpaired) electrons. The highest BCUT2D eigenvalue weighted by Gasteiger charge is 2.61. The quantitative estimate of drug-likeness (QED) is 0.428. The molecule has 1 N–H and O–H groups in total. The van der Waals surface area contributed by atoms with E-state index in [2.05, 4.69) is 0 Å². The number of rotatable bonds is 7. The predicted molar refractivity (Wildman–Crippen MR) is 46.7 cm³/mol. The summed E-state index contributed by atoms with van der Waals surface area (Å²) in [7, 11) is 0. The SMILES string of the molecule is O=C(O)C(F)(F)C(F)(F)CCCCCCl. The van der Waals surface area contributed by atoms with Crippen molar-refractivity contribution < 1.29 is 27.5 Å². The zero-order valence-electron chi connectivity index (χ0n) is 7.78. The van der Waals surface area contributed by atoms with Crippen LogP contribution < -0.4 is 0 Å². The lowest BCUT2D eigenvalue weighted by molar-refractivity contribution is -0.226. The normalized spacial score (nSPS) is 12.9. The van der Waals surface area contributed by atoms with Crippen molar-refractivity contribution in [2.75, 3.05) is 5.88 Å². The van der Waals surface area contributed by atoms with Crippen LogP contribution >= 0.6 is 11.6 Å². The summed E-state index contributed by atoms with van der Waals surface area (Å²) in [6.45, 7) is 0. The van der Waals surface area contributed by atoms with Gasteiger partial charge in [0, 0.05) is 12.3 Å². The number of carboxylic acid groups (broad SMARTS) is 1. The third-order valence-electron chi connectivity index (χ3n) is 1.85. The molecule has 15 heavy (non-hydrogen) atoms. The van der Waals surface area contributed by atoms with Crippen molar-refractivity contribution in [1.29, 1.82) is 0 Å². The van der Waals surface area contributed by atoms with E-state index < -0.39 is 24.2 Å². The fraction of sp³-hybridized carbons (Fsp3) is 0.875. The van der Waals surface area contributed by atoms with Crippen LogP contribution in [0.15, 0.2) is 0 Å². The molecule has 0 aliphatic rings. The second-order valence-corrected chi connectivity index (χ2v) is 3.46. The Morgan fingerprint density at radius 1 is 1.13 bits per heavy atom. The van der Waals surface area contributed by atoms with Gasteiger partial charge in [-0.2, -0.15) is 17.6 Å². The number of hydrogen-bond acceptors (Lipinski definition) is 1. The molecule has 0 amide bonds. The first-order chi connectivity index (χ1) is 6.75. The van der Waals surface area contributed by atoms with Gasteiger partial charge < -0.3 is 5.11 Å². The van der Waals surface area contributed by atoms with Crippen molar-refractivity contribution >= 4 is 17.6 Å². The molecule has 2 nitrogen and oxygen atoms in total. The van der Waals surface area contributed by atoms with E-state index in [0.29, 0.717) is 6.42 Å². The maximum atomic E-state index is 12.7. The lowest BCUT2D eigenvalue weighted by atomic mass is 10.0. The highest BCUT2D eigenvalue weighted by Crippen LogP contribution is 2.38. The monoisotopic (exact) mass is 250 g/mol. The van der Waals surface area contributed by atoms with Gasteiger partial charge in [-0.3, -0.25) is 0 Å². The van der Waals surface area contributed by atoms with Crippen LogP contribution in [0.4, 0.5) is 17.6 Å². The minimum absolute atomic E-state index is 0.178. The van der Waals surface area contributed by atoms with Gasteiger partial charge in [0.1, 0.15) is 0 Å². The molecule has 0 fully saturated rings. The molecular weight excluding hydrogens is 240 g/mol. The minimum atomic E-state index is -5.01. The van der Waals surface area contributed by atoms with E-state index >= 15 is 0 Å². The summed E-state index contributed by atoms with van der Waals surface area (Å²) < 4.78 is 50.3. The number of hydrogen-bond donors (Lipinski definition) is 1. The van der Waals surface area contributed by atoms with Gasteiger partial charge in [0.25, 0.3) is 0 Å². The Bertz CT molecular complexity index is 221. The van der Waals surface area contributed by atoms with Crippen LogP contribution in [-0.2, 0) is 4.79 Å². The first-order valence-electron chi connectivity index (χ1n) is 4.30. The summed E-state index contributed by atoms with van der Waals surface area (Å²) in [4.78, 5) is 9.91. The second-order valence-electron chi connectivity index (χ2n) is 3.08. The molecule has 0 aromatic carbocycles. The molecule has 0 aromatic heterocycles. The number of aliphatic carboxylic acids is 1. The molecule has 0 saturated carbocycles. The van der Waals surface area contributed by atoms with E-state index in [-0.39, 0.29) is 18.7 Å². The number of carboxylic acids is 1. The smallest absolute Gasteiger partial charge is 0.404 e. The summed E-state index contributed by atoms with van der Waals surface area (Å²) in [5.74, 6) is -12.1. The van der Waals surface area contributed by atoms with Gasteiger partial charge in [0.05, 0.1) is 0 Å². The fourth-order valence-corrected chi connectivity index (χ4v) is 1.12. The Balaban J connectivity index is 4.22. The van der Waals surface area contributed by atoms with Crippen molar-refractivity contribution in [1.82, 2.24) is 0 Å². The highest BCUT2D eigenvalue weighted by molar-refractivity contribution is 6.17. The van der Waals surface area contributed by atoms with Crippen molar-refractivity contribution in [3.63, 3.8) is 0 Å². The summed E-state index contributed by atoms with van der Waals surface area (Å²) in [5.41, 5.74) is 0. The van der Waals surface area contributed by atoms with Crippen LogP contribution in [-0.4, -0.2) is 28.8 Å². The molecule has 0 rings (SSSR count). The Labute approximate surface area is 89.2 Å². The number of carbonyl (C=O) groups is 1. The molecule has 0 unspecified atom stereocenters. The minimum Gasteiger partial charge on any atom is -0.477 e. The summed E-state index contributed by atoms with van der Waals surface area (Å²) >= 11 is 5.26. The van der Waals surface area contributed by atoms with Gasteiger partial charge in [0.2, 0.25) is 0 Å². The van der Waals surface area contributed by atoms with Crippen molar-refractivity contribution in [2.45, 2.75) is 37.5 Å². The van der Waals surface area contributed by atoms with E-state index in [4.69, 9.17) is 16.7 Å². The molecule has 0 atom stereocenters. The summed E-state index contributed by atoms with van der Waals surface area (Å²) in [6.07, 6.45) is -0.614. The molecule has 0 saturated heterocycles. The molecule has 7 heteroatoms. The van der Waals surface area contributed by atoms with E-state index in [1.165, 1.54) is 0 Å². The average molecular weight is 251 g/mol. The van der Waals surface area contributed by atoms with Gasteiger partial charge >= 0.3 is 17.8 Å². The second kappa shape index (κ2) is 5.53. The predicted octanol–water partition coefficient (Wildman–Crippen LogP) is 3.14. The number of halogens is 5. The van der Waals surface area contributed by atoms with Crippen LogP contribution in [0, 0.1) is 0 Å². The van der Waals surface area contributed by atoms with E-state index in [9.17, 15) is 22.4 Å². The van der Waals surface area contributed by atoms with E-state index in [1.807, 2.05) is 0 Å². The molecule has 0 bridgehead atoms. The Kier molecular flexibility index (Phi) is 5.34. The van der Waals surface area contributed by atoms with Crippen molar-refractivity contribution in [3.8, 4) is 0 Å². The van der Waals surface area contributed by atoms with Gasteiger partial charge in [-0.05, 0) is 12.8 Å². The fourth-order valence-electron chi connectivity index (χ4n) is 0.932. The lowest BCUT2D eigenvalue weighted by Crippen LogP contribution is -2.47. The van der Waals surface area contributed by atoms with Crippen LogP contribution in [0.1, 0.15) is 25.7 Å². The highest BCUT2D eigenvalue weighted by atomic mass is 35.5. The molecule has 0 aliphatic carbocycles. The summed E-state index contributed by atoms with van der Waals surface area (Å²) in [6, 6.07) is 0. The van der Waals surface area contributed by atoms with Crippen LogP contribution in [0.5, 0.6) is 0 Å². The average Bonchev–Trinajstić information content (AvgIpc) is 2.12. The maximum Gasteiger partial charge on any atom is 0.404 e. The molecule has 90 valence electrons. The Morgan fingerprint density at radius 2 is 1.67 bits per heavy atom. The summed E-state index contributed by atoms with van der Waals surface area (Å²) in [5, 5.41) is 7.93. The molecular formula is C8H11ClF4O2. The maximum absolute atomic E-state index is 12.7. The van der Waals surface area contributed by atoms with E-state index in [0.717, 1.165) is 0 Å². The molecule has 0 heterocycles. The third-order valence-corrected chi connectivity index (χ3v) is 2.12. The topological polar surface area (TPSA) is 37.3 Å². The van der Waals surface area contributed by atoms with Crippen molar-refractivity contribution in [3.05, 3.63) is 0 Å². The van der Waals surface area contributed by atoms with Crippen LogP contribution in [0.2, 0.25) is 0 Å². The van der Waals surface area contributed by atoms with Gasteiger partial charge in [0.15, 0.2) is 0 Å². The van der Waals surface area contributed by atoms with Crippen molar-refractivity contribution in [2.24, 2.45) is 0 Å². The third kappa shape index (κ3) is 3.85. The number of alkyl halides is 5. The van der Waals surface area contributed by atoms with Crippen LogP contribution in [0.25, 0.3) is 0 Å². The first-order valence-corrected chi connectivity index (χ1v) is 4.84. The van der Waals surface area contributed by atoms with E-state index in [1.54, 1.807) is 0 Å². The molecule has 0 aromatic rings. The van der Waals surface area contributed by atoms with Gasteiger partial charge in [-0.15, -0.1) is 11.6 Å².